The molecule has 1 saturated carbocycles. The third kappa shape index (κ3) is 2.83. The highest BCUT2D eigenvalue weighted by atomic mass is 16.5. The molecule has 0 aliphatic heterocycles. The van der Waals surface area contributed by atoms with Crippen LogP contribution in [-0.2, 0) is 17.6 Å². The highest BCUT2D eigenvalue weighted by molar-refractivity contribution is 4.98. The first kappa shape index (κ1) is 11.6. The summed E-state index contributed by atoms with van der Waals surface area (Å²) >= 11 is 0. The predicted molar refractivity (Wildman–Crippen MR) is 61.1 cm³/mol. The van der Waals surface area contributed by atoms with Gasteiger partial charge in [-0.1, -0.05) is 0 Å². The maximum Gasteiger partial charge on any atom is 0.195 e. The summed E-state index contributed by atoms with van der Waals surface area (Å²) < 4.78 is 11.1. The van der Waals surface area contributed by atoms with Crippen molar-refractivity contribution >= 4 is 0 Å². The van der Waals surface area contributed by atoms with Crippen molar-refractivity contribution in [2.45, 2.75) is 38.7 Å². The van der Waals surface area contributed by atoms with Crippen molar-refractivity contribution in [3.05, 3.63) is 17.8 Å². The molecule has 1 aromatic rings. The monoisotopic (exact) mass is 224 g/mol. The van der Waals surface area contributed by atoms with E-state index < -0.39 is 0 Å². The highest BCUT2D eigenvalue weighted by Crippen LogP contribution is 2.32. The standard InChI is InChI=1S/C12H20N2O2/c1-2-15-10-5-9(6-10)7-11-8-14-12(16-11)3-4-13/h8-10H,2-7,13H2,1H3. The van der Waals surface area contributed by atoms with Crippen molar-refractivity contribution in [3.63, 3.8) is 0 Å². The Morgan fingerprint density at radius 1 is 1.56 bits per heavy atom. The fraction of sp³-hybridized carbons (Fsp3) is 0.750. The highest BCUT2D eigenvalue weighted by Gasteiger charge is 2.30. The van der Waals surface area contributed by atoms with Crippen LogP contribution in [0, 0.1) is 5.92 Å². The molecule has 2 N–H and O–H groups in total. The second kappa shape index (κ2) is 5.46. The molecule has 16 heavy (non-hydrogen) atoms. The number of hydrogen-bond donors (Lipinski definition) is 1. The molecule has 1 aliphatic rings. The Kier molecular flexibility index (Phi) is 3.96. The van der Waals surface area contributed by atoms with E-state index in [-0.39, 0.29) is 0 Å². The van der Waals surface area contributed by atoms with E-state index in [4.69, 9.17) is 14.9 Å². The van der Waals surface area contributed by atoms with Gasteiger partial charge >= 0.3 is 0 Å². The lowest BCUT2D eigenvalue weighted by molar-refractivity contribution is -0.0252. The van der Waals surface area contributed by atoms with Crippen molar-refractivity contribution in [1.29, 1.82) is 0 Å². The maximum atomic E-state index is 5.59. The molecule has 1 aromatic heterocycles. The first-order valence-corrected chi connectivity index (χ1v) is 6.07. The van der Waals surface area contributed by atoms with Crippen molar-refractivity contribution in [1.82, 2.24) is 4.98 Å². The lowest BCUT2D eigenvalue weighted by Crippen LogP contribution is -2.32. The molecule has 0 bridgehead atoms. The van der Waals surface area contributed by atoms with Gasteiger partial charge in [0.15, 0.2) is 5.89 Å². The Hall–Kier alpha value is -0.870. The summed E-state index contributed by atoms with van der Waals surface area (Å²) in [6, 6.07) is 0. The number of nitrogens with two attached hydrogens (primary N) is 1. The Morgan fingerprint density at radius 2 is 2.38 bits per heavy atom. The van der Waals surface area contributed by atoms with Crippen LogP contribution in [0.25, 0.3) is 0 Å². The van der Waals surface area contributed by atoms with Gasteiger partial charge in [-0.05, 0) is 25.7 Å². The first-order valence-electron chi connectivity index (χ1n) is 6.07. The fourth-order valence-electron chi connectivity index (χ4n) is 2.18. The summed E-state index contributed by atoms with van der Waals surface area (Å²) in [6.45, 7) is 3.46. The van der Waals surface area contributed by atoms with E-state index in [1.165, 1.54) is 0 Å². The van der Waals surface area contributed by atoms with Gasteiger partial charge in [-0.15, -0.1) is 0 Å². The summed E-state index contributed by atoms with van der Waals surface area (Å²) in [5.41, 5.74) is 5.44. The lowest BCUT2D eigenvalue weighted by atomic mass is 9.79. The van der Waals surface area contributed by atoms with E-state index in [1.54, 1.807) is 0 Å². The van der Waals surface area contributed by atoms with Crippen LogP contribution in [0.1, 0.15) is 31.4 Å². The smallest absolute Gasteiger partial charge is 0.195 e. The number of oxazole rings is 1. The van der Waals surface area contributed by atoms with Crippen LogP contribution in [0.2, 0.25) is 0 Å². The van der Waals surface area contributed by atoms with Gasteiger partial charge in [0.1, 0.15) is 5.76 Å². The molecular weight excluding hydrogens is 204 g/mol. The van der Waals surface area contributed by atoms with E-state index in [9.17, 15) is 0 Å². The van der Waals surface area contributed by atoms with Crippen LogP contribution >= 0.6 is 0 Å². The normalized spacial score (nSPS) is 24.4. The molecule has 2 rings (SSSR count). The number of hydrogen-bond acceptors (Lipinski definition) is 4. The maximum absolute atomic E-state index is 5.59. The van der Waals surface area contributed by atoms with Gasteiger partial charge in [0.2, 0.25) is 0 Å². The van der Waals surface area contributed by atoms with Crippen molar-refractivity contribution < 1.29 is 9.15 Å². The van der Waals surface area contributed by atoms with Crippen molar-refractivity contribution in [3.8, 4) is 0 Å². The van der Waals surface area contributed by atoms with Crippen LogP contribution in [0.4, 0.5) is 0 Å². The van der Waals surface area contributed by atoms with Crippen molar-refractivity contribution in [2.24, 2.45) is 11.7 Å². The molecule has 1 fully saturated rings. The first-order chi connectivity index (χ1) is 7.81. The second-order valence-corrected chi connectivity index (χ2v) is 4.38. The SMILES string of the molecule is CCOC1CC(Cc2cnc(CCN)o2)C1. The third-order valence-electron chi connectivity index (χ3n) is 3.04. The Labute approximate surface area is 96.2 Å². The Morgan fingerprint density at radius 3 is 3.06 bits per heavy atom. The molecule has 90 valence electrons. The molecule has 0 spiro atoms. The average Bonchev–Trinajstić information content (AvgIpc) is 2.63. The summed E-state index contributed by atoms with van der Waals surface area (Å²) in [5.74, 6) is 2.46. The second-order valence-electron chi connectivity index (χ2n) is 4.38. The topological polar surface area (TPSA) is 61.3 Å². The minimum atomic E-state index is 0.474. The van der Waals surface area contributed by atoms with Crippen LogP contribution in [-0.4, -0.2) is 24.2 Å². The van der Waals surface area contributed by atoms with Gasteiger partial charge in [-0.3, -0.25) is 0 Å². The Balaban J connectivity index is 1.73. The molecule has 0 aromatic carbocycles. The minimum absolute atomic E-state index is 0.474. The summed E-state index contributed by atoms with van der Waals surface area (Å²) in [6.07, 6.45) is 6.33. The van der Waals surface area contributed by atoms with Gasteiger partial charge in [0.05, 0.1) is 12.3 Å². The zero-order valence-corrected chi connectivity index (χ0v) is 9.82. The number of nitrogens with zero attached hydrogens (tertiary/aromatic N) is 1. The molecule has 0 saturated heterocycles. The van der Waals surface area contributed by atoms with Crippen LogP contribution < -0.4 is 5.73 Å². The van der Waals surface area contributed by atoms with E-state index >= 15 is 0 Å². The predicted octanol–water partition coefficient (Wildman–Crippen LogP) is 1.53. The van der Waals surface area contributed by atoms with Gasteiger partial charge in [-0.2, -0.15) is 0 Å². The molecule has 4 nitrogen and oxygen atoms in total. The van der Waals surface area contributed by atoms with E-state index in [1.807, 2.05) is 13.1 Å². The zero-order valence-electron chi connectivity index (χ0n) is 9.82. The summed E-state index contributed by atoms with van der Waals surface area (Å²) in [7, 11) is 0. The van der Waals surface area contributed by atoms with E-state index in [0.717, 1.165) is 43.9 Å². The lowest BCUT2D eigenvalue weighted by Gasteiger charge is -2.34. The van der Waals surface area contributed by atoms with Gasteiger partial charge < -0.3 is 14.9 Å². The summed E-state index contributed by atoms with van der Waals surface area (Å²) in [4.78, 5) is 4.19. The average molecular weight is 224 g/mol. The van der Waals surface area contributed by atoms with Gasteiger partial charge in [0, 0.05) is 26.0 Å². The molecule has 4 heteroatoms. The van der Waals surface area contributed by atoms with Gasteiger partial charge in [0.25, 0.3) is 0 Å². The molecule has 1 heterocycles. The molecule has 0 unspecified atom stereocenters. The zero-order chi connectivity index (χ0) is 11.4. The molecule has 0 atom stereocenters. The number of aromatic nitrogens is 1. The number of rotatable bonds is 6. The Bertz CT molecular complexity index is 319. The van der Waals surface area contributed by atoms with Crippen LogP contribution in [0.15, 0.2) is 10.6 Å². The largest absolute Gasteiger partial charge is 0.446 e. The van der Waals surface area contributed by atoms with E-state index in [0.29, 0.717) is 18.6 Å². The van der Waals surface area contributed by atoms with Crippen LogP contribution in [0.3, 0.4) is 0 Å². The summed E-state index contributed by atoms with van der Waals surface area (Å²) in [5, 5.41) is 0. The minimum Gasteiger partial charge on any atom is -0.446 e. The van der Waals surface area contributed by atoms with Crippen LogP contribution in [0.5, 0.6) is 0 Å². The van der Waals surface area contributed by atoms with Gasteiger partial charge in [-0.25, -0.2) is 4.98 Å². The fourth-order valence-corrected chi connectivity index (χ4v) is 2.18. The molecule has 0 amide bonds. The number of ether oxygens (including phenoxy) is 1. The van der Waals surface area contributed by atoms with E-state index in [2.05, 4.69) is 4.98 Å². The molecular formula is C12H20N2O2. The molecule has 1 aliphatic carbocycles. The third-order valence-corrected chi connectivity index (χ3v) is 3.04. The molecule has 0 radical (unpaired) electrons. The quantitative estimate of drug-likeness (QED) is 0.796. The van der Waals surface area contributed by atoms with Crippen molar-refractivity contribution in [2.75, 3.05) is 13.2 Å².